The topological polar surface area (TPSA) is 58.4 Å². The Hall–Kier alpha value is -2.14. The predicted octanol–water partition coefficient (Wildman–Crippen LogP) is 3.03. The Labute approximate surface area is 136 Å². The average Bonchev–Trinajstić information content (AvgIpc) is 3.08. The Balaban J connectivity index is 1.68. The molecule has 122 valence electrons. The van der Waals surface area contributed by atoms with Crippen molar-refractivity contribution in [1.82, 2.24) is 14.7 Å². The van der Waals surface area contributed by atoms with Crippen molar-refractivity contribution in [3.8, 4) is 0 Å². The fourth-order valence-corrected chi connectivity index (χ4v) is 3.39. The third kappa shape index (κ3) is 3.99. The van der Waals surface area contributed by atoms with Gasteiger partial charge in [0, 0.05) is 31.5 Å². The standard InChI is InChI=1S/C18H23N3O2/c22-18(23)17-8-2-1-6-15(17)14-20-11-4-3-7-16(20)9-13-21-12-5-10-19-21/h1-2,5-6,8,10,12,16H,3-4,7,9,11,13-14H2,(H,22,23)/t16-/m1/s1. The first-order valence-electron chi connectivity index (χ1n) is 8.27. The van der Waals surface area contributed by atoms with Crippen molar-refractivity contribution in [2.45, 2.75) is 44.8 Å². The van der Waals surface area contributed by atoms with Crippen LogP contribution in [0.4, 0.5) is 0 Å². The number of carboxylic acids is 1. The number of aromatic nitrogens is 2. The number of carbonyl (C=O) groups is 1. The van der Waals surface area contributed by atoms with Crippen molar-refractivity contribution in [1.29, 1.82) is 0 Å². The Morgan fingerprint density at radius 2 is 2.13 bits per heavy atom. The lowest BCUT2D eigenvalue weighted by atomic mass is 9.97. The minimum atomic E-state index is -0.842. The first-order chi connectivity index (χ1) is 11.2. The summed E-state index contributed by atoms with van der Waals surface area (Å²) in [6.45, 7) is 2.67. The fourth-order valence-electron chi connectivity index (χ4n) is 3.39. The molecular weight excluding hydrogens is 290 g/mol. The number of piperidine rings is 1. The summed E-state index contributed by atoms with van der Waals surface area (Å²) in [7, 11) is 0. The molecule has 0 radical (unpaired) electrons. The summed E-state index contributed by atoms with van der Waals surface area (Å²) in [5, 5.41) is 13.6. The Bertz CT molecular complexity index is 639. The lowest BCUT2D eigenvalue weighted by Gasteiger charge is -2.36. The zero-order valence-corrected chi connectivity index (χ0v) is 13.3. The van der Waals surface area contributed by atoms with E-state index in [1.54, 1.807) is 12.1 Å². The third-order valence-electron chi connectivity index (χ3n) is 4.62. The molecule has 0 bridgehead atoms. The van der Waals surface area contributed by atoms with Gasteiger partial charge in [-0.05, 0) is 43.5 Å². The van der Waals surface area contributed by atoms with E-state index in [4.69, 9.17) is 0 Å². The molecule has 2 heterocycles. The van der Waals surface area contributed by atoms with Gasteiger partial charge >= 0.3 is 5.97 Å². The number of aromatic carboxylic acids is 1. The smallest absolute Gasteiger partial charge is 0.336 e. The number of carboxylic acid groups (broad SMARTS) is 1. The maximum absolute atomic E-state index is 11.4. The van der Waals surface area contributed by atoms with Crippen LogP contribution in [0, 0.1) is 0 Å². The number of hydrogen-bond donors (Lipinski definition) is 1. The number of rotatable bonds is 6. The summed E-state index contributed by atoms with van der Waals surface area (Å²) in [4.78, 5) is 13.8. The molecule has 1 aromatic carbocycles. The zero-order chi connectivity index (χ0) is 16.1. The van der Waals surface area contributed by atoms with Gasteiger partial charge < -0.3 is 5.11 Å². The summed E-state index contributed by atoms with van der Waals surface area (Å²) in [6.07, 6.45) is 8.47. The van der Waals surface area contributed by atoms with Crippen molar-refractivity contribution in [2.75, 3.05) is 6.54 Å². The van der Waals surface area contributed by atoms with Gasteiger partial charge in [0.1, 0.15) is 0 Å². The first-order valence-corrected chi connectivity index (χ1v) is 8.27. The van der Waals surface area contributed by atoms with Gasteiger partial charge in [-0.25, -0.2) is 4.79 Å². The van der Waals surface area contributed by atoms with Gasteiger partial charge in [-0.1, -0.05) is 24.6 Å². The van der Waals surface area contributed by atoms with E-state index in [1.807, 2.05) is 35.3 Å². The predicted molar refractivity (Wildman–Crippen MR) is 88.3 cm³/mol. The van der Waals surface area contributed by atoms with Crippen molar-refractivity contribution >= 4 is 5.97 Å². The zero-order valence-electron chi connectivity index (χ0n) is 13.3. The van der Waals surface area contributed by atoms with Crippen LogP contribution in [-0.4, -0.2) is 38.3 Å². The number of likely N-dealkylation sites (tertiary alicyclic amines) is 1. The largest absolute Gasteiger partial charge is 0.478 e. The van der Waals surface area contributed by atoms with Crippen LogP contribution in [0.5, 0.6) is 0 Å². The molecule has 1 N–H and O–H groups in total. The van der Waals surface area contributed by atoms with Crippen LogP contribution in [0.3, 0.4) is 0 Å². The number of benzene rings is 1. The van der Waals surface area contributed by atoms with E-state index in [0.717, 1.165) is 25.1 Å². The highest BCUT2D eigenvalue weighted by molar-refractivity contribution is 5.89. The van der Waals surface area contributed by atoms with Crippen LogP contribution in [0.15, 0.2) is 42.7 Å². The molecule has 1 aliphatic rings. The van der Waals surface area contributed by atoms with Gasteiger partial charge in [0.2, 0.25) is 0 Å². The number of hydrogen-bond acceptors (Lipinski definition) is 3. The summed E-state index contributed by atoms with van der Waals surface area (Å²) in [5.74, 6) is -0.842. The molecule has 0 amide bonds. The van der Waals surface area contributed by atoms with Crippen LogP contribution in [0.1, 0.15) is 41.6 Å². The minimum absolute atomic E-state index is 0.420. The quantitative estimate of drug-likeness (QED) is 0.890. The second kappa shape index (κ2) is 7.42. The molecule has 1 fully saturated rings. The molecule has 1 saturated heterocycles. The maximum atomic E-state index is 11.4. The van der Waals surface area contributed by atoms with E-state index in [2.05, 4.69) is 10.00 Å². The van der Waals surface area contributed by atoms with Crippen LogP contribution in [0.2, 0.25) is 0 Å². The molecule has 0 unspecified atom stereocenters. The van der Waals surface area contributed by atoms with Crippen molar-refractivity contribution in [3.63, 3.8) is 0 Å². The Morgan fingerprint density at radius 3 is 2.91 bits per heavy atom. The summed E-state index contributed by atoms with van der Waals surface area (Å²) >= 11 is 0. The Kier molecular flexibility index (Phi) is 5.08. The van der Waals surface area contributed by atoms with E-state index in [1.165, 1.54) is 19.3 Å². The molecule has 1 aromatic heterocycles. The second-order valence-electron chi connectivity index (χ2n) is 6.14. The molecule has 3 rings (SSSR count). The number of nitrogens with zero attached hydrogens (tertiary/aromatic N) is 3. The molecule has 1 aliphatic heterocycles. The van der Waals surface area contributed by atoms with Crippen molar-refractivity contribution in [3.05, 3.63) is 53.9 Å². The number of aryl methyl sites for hydroxylation is 1. The Morgan fingerprint density at radius 1 is 1.26 bits per heavy atom. The third-order valence-corrected chi connectivity index (χ3v) is 4.62. The molecule has 1 atom stereocenters. The van der Waals surface area contributed by atoms with Gasteiger partial charge in [0.15, 0.2) is 0 Å². The molecule has 0 saturated carbocycles. The van der Waals surface area contributed by atoms with E-state index >= 15 is 0 Å². The molecule has 2 aromatic rings. The monoisotopic (exact) mass is 313 g/mol. The van der Waals surface area contributed by atoms with Gasteiger partial charge in [-0.3, -0.25) is 9.58 Å². The summed E-state index contributed by atoms with van der Waals surface area (Å²) in [5.41, 5.74) is 1.33. The highest BCUT2D eigenvalue weighted by Gasteiger charge is 2.23. The normalized spacial score (nSPS) is 18.9. The molecule has 0 spiro atoms. The first kappa shape index (κ1) is 15.7. The fraction of sp³-hybridized carbons (Fsp3) is 0.444. The van der Waals surface area contributed by atoms with Gasteiger partial charge in [0.25, 0.3) is 0 Å². The minimum Gasteiger partial charge on any atom is -0.478 e. The summed E-state index contributed by atoms with van der Waals surface area (Å²) in [6, 6.07) is 9.78. The average molecular weight is 313 g/mol. The van der Waals surface area contributed by atoms with E-state index in [-0.39, 0.29) is 0 Å². The SMILES string of the molecule is O=C(O)c1ccccc1CN1CCCC[C@@H]1CCn1cccn1. The van der Waals surface area contributed by atoms with Crippen molar-refractivity contribution < 1.29 is 9.90 Å². The van der Waals surface area contributed by atoms with Crippen LogP contribution >= 0.6 is 0 Å². The lowest BCUT2D eigenvalue weighted by Crippen LogP contribution is -2.39. The van der Waals surface area contributed by atoms with Crippen LogP contribution < -0.4 is 0 Å². The highest BCUT2D eigenvalue weighted by atomic mass is 16.4. The molecule has 23 heavy (non-hydrogen) atoms. The van der Waals surface area contributed by atoms with E-state index in [0.29, 0.717) is 18.2 Å². The van der Waals surface area contributed by atoms with Gasteiger partial charge in [0.05, 0.1) is 5.56 Å². The molecule has 5 heteroatoms. The lowest BCUT2D eigenvalue weighted by molar-refractivity contribution is 0.0691. The molecule has 0 aliphatic carbocycles. The highest BCUT2D eigenvalue weighted by Crippen LogP contribution is 2.23. The van der Waals surface area contributed by atoms with Crippen LogP contribution in [-0.2, 0) is 13.1 Å². The molecule has 5 nitrogen and oxygen atoms in total. The summed E-state index contributed by atoms with van der Waals surface area (Å²) < 4.78 is 1.97. The van der Waals surface area contributed by atoms with Gasteiger partial charge in [-0.15, -0.1) is 0 Å². The van der Waals surface area contributed by atoms with Crippen LogP contribution in [0.25, 0.3) is 0 Å². The van der Waals surface area contributed by atoms with E-state index in [9.17, 15) is 9.90 Å². The second-order valence-corrected chi connectivity index (χ2v) is 6.14. The molecular formula is C18H23N3O2. The maximum Gasteiger partial charge on any atom is 0.336 e. The van der Waals surface area contributed by atoms with E-state index < -0.39 is 5.97 Å². The van der Waals surface area contributed by atoms with Gasteiger partial charge in [-0.2, -0.15) is 5.10 Å². The van der Waals surface area contributed by atoms with Crippen molar-refractivity contribution in [2.24, 2.45) is 0 Å².